The van der Waals surface area contributed by atoms with E-state index >= 15 is 0 Å². The quantitative estimate of drug-likeness (QED) is 0.687. The van der Waals surface area contributed by atoms with Crippen molar-refractivity contribution >= 4 is 16.0 Å². The van der Waals surface area contributed by atoms with Crippen LogP contribution in [0.15, 0.2) is 0 Å². The molecule has 13 heavy (non-hydrogen) atoms. The maximum Gasteiger partial charge on any atom is 0.322 e. The smallest absolute Gasteiger partial charge is 0.322 e. The van der Waals surface area contributed by atoms with Crippen LogP contribution in [0.5, 0.6) is 0 Å². The first-order chi connectivity index (χ1) is 5.54. The summed E-state index contributed by atoms with van der Waals surface area (Å²) in [6.07, 6.45) is 0.939. The second kappa shape index (κ2) is 3.63. The summed E-state index contributed by atoms with van der Waals surface area (Å²) in [5.74, 6) is -1.17. The third-order valence-electron chi connectivity index (χ3n) is 1.44. The van der Waals surface area contributed by atoms with Crippen LogP contribution in [0, 0.1) is 5.41 Å². The zero-order valence-electron chi connectivity index (χ0n) is 8.16. The lowest BCUT2D eigenvalue weighted by molar-refractivity contribution is -0.141. The molecule has 0 saturated carbocycles. The number of carboxylic acids is 1. The highest BCUT2D eigenvalue weighted by molar-refractivity contribution is 7.88. The summed E-state index contributed by atoms with van der Waals surface area (Å²) in [6.45, 7) is 4.97. The van der Waals surface area contributed by atoms with E-state index in [9.17, 15) is 13.2 Å². The van der Waals surface area contributed by atoms with Gasteiger partial charge in [0.15, 0.2) is 0 Å². The van der Waals surface area contributed by atoms with Crippen molar-refractivity contribution < 1.29 is 18.3 Å². The second-order valence-electron chi connectivity index (χ2n) is 4.03. The van der Waals surface area contributed by atoms with Gasteiger partial charge in [0.2, 0.25) is 10.0 Å². The molecule has 0 rings (SSSR count). The average molecular weight is 209 g/mol. The van der Waals surface area contributed by atoms with Gasteiger partial charge >= 0.3 is 5.97 Å². The molecule has 0 aliphatic heterocycles. The summed E-state index contributed by atoms with van der Waals surface area (Å²) in [4.78, 5) is 10.7. The molecule has 0 aromatic rings. The first-order valence-corrected chi connectivity index (χ1v) is 5.63. The third-order valence-corrected chi connectivity index (χ3v) is 2.11. The van der Waals surface area contributed by atoms with Crippen LogP contribution < -0.4 is 4.72 Å². The van der Waals surface area contributed by atoms with Gasteiger partial charge in [-0.3, -0.25) is 4.79 Å². The average Bonchev–Trinajstić information content (AvgIpc) is 1.77. The van der Waals surface area contributed by atoms with Crippen molar-refractivity contribution in [2.45, 2.75) is 26.8 Å². The Hall–Kier alpha value is -0.620. The number of nitrogens with one attached hydrogen (secondary N) is 1. The molecule has 0 fully saturated rings. The summed E-state index contributed by atoms with van der Waals surface area (Å²) in [6, 6.07) is -1.09. The Morgan fingerprint density at radius 3 is 1.85 bits per heavy atom. The van der Waals surface area contributed by atoms with E-state index in [1.807, 2.05) is 0 Å². The Kier molecular flexibility index (Phi) is 3.46. The second-order valence-corrected chi connectivity index (χ2v) is 5.81. The van der Waals surface area contributed by atoms with Gasteiger partial charge < -0.3 is 5.11 Å². The fourth-order valence-electron chi connectivity index (χ4n) is 0.812. The first kappa shape index (κ1) is 12.4. The predicted octanol–water partition coefficient (Wildman–Crippen LogP) is 0.0349. The Morgan fingerprint density at radius 1 is 1.38 bits per heavy atom. The standard InChI is InChI=1S/C7H15NO4S/c1-7(2,3)5(6(9)10)8-13(4,11)12/h5,8H,1-4H3,(H,9,10)/t5-/m0/s1. The number of carboxylic acid groups (broad SMARTS) is 1. The monoisotopic (exact) mass is 209 g/mol. The molecular weight excluding hydrogens is 194 g/mol. The van der Waals surface area contributed by atoms with Gasteiger partial charge in [0.05, 0.1) is 6.26 Å². The molecule has 0 saturated heterocycles. The van der Waals surface area contributed by atoms with Gasteiger partial charge in [-0.2, -0.15) is 0 Å². The lowest BCUT2D eigenvalue weighted by Crippen LogP contribution is -2.48. The van der Waals surface area contributed by atoms with Gasteiger partial charge in [0.25, 0.3) is 0 Å². The SMILES string of the molecule is CC(C)(C)[C@@H](NS(C)(=O)=O)C(=O)O. The van der Waals surface area contributed by atoms with Crippen LogP contribution in [0.1, 0.15) is 20.8 Å². The molecule has 0 radical (unpaired) electrons. The molecule has 0 aliphatic carbocycles. The molecule has 0 aromatic carbocycles. The number of aliphatic carboxylic acids is 1. The van der Waals surface area contributed by atoms with Crippen LogP contribution in [0.3, 0.4) is 0 Å². The number of sulfonamides is 1. The molecule has 1 atom stereocenters. The van der Waals surface area contributed by atoms with E-state index in [2.05, 4.69) is 4.72 Å². The molecule has 0 heterocycles. The molecule has 5 nitrogen and oxygen atoms in total. The maximum absolute atomic E-state index is 10.8. The molecule has 0 aliphatic rings. The van der Waals surface area contributed by atoms with E-state index in [1.165, 1.54) is 0 Å². The van der Waals surface area contributed by atoms with Crippen LogP contribution in [0.4, 0.5) is 0 Å². The number of hydrogen-bond donors (Lipinski definition) is 2. The normalized spacial score (nSPS) is 15.4. The molecule has 0 unspecified atom stereocenters. The highest BCUT2D eigenvalue weighted by Crippen LogP contribution is 2.19. The summed E-state index contributed by atoms with van der Waals surface area (Å²) in [5.41, 5.74) is -0.644. The molecule has 0 bridgehead atoms. The lowest BCUT2D eigenvalue weighted by atomic mass is 9.88. The zero-order valence-corrected chi connectivity index (χ0v) is 8.97. The topological polar surface area (TPSA) is 83.5 Å². The first-order valence-electron chi connectivity index (χ1n) is 3.74. The van der Waals surface area contributed by atoms with Crippen molar-refractivity contribution in [1.82, 2.24) is 4.72 Å². The van der Waals surface area contributed by atoms with Gasteiger partial charge in [0.1, 0.15) is 6.04 Å². The largest absolute Gasteiger partial charge is 0.480 e. The van der Waals surface area contributed by atoms with Crippen molar-refractivity contribution in [3.8, 4) is 0 Å². The molecule has 0 spiro atoms. The highest BCUT2D eigenvalue weighted by atomic mass is 32.2. The molecule has 0 aromatic heterocycles. The Balaban J connectivity index is 4.77. The van der Waals surface area contributed by atoms with E-state index < -0.39 is 27.4 Å². The van der Waals surface area contributed by atoms with Gasteiger partial charge in [0, 0.05) is 0 Å². The minimum atomic E-state index is -3.48. The Morgan fingerprint density at radius 2 is 1.77 bits per heavy atom. The van der Waals surface area contributed by atoms with E-state index in [0.717, 1.165) is 6.26 Å². The third kappa shape index (κ3) is 4.84. The van der Waals surface area contributed by atoms with Crippen molar-refractivity contribution in [2.75, 3.05) is 6.26 Å². The van der Waals surface area contributed by atoms with Crippen LogP contribution in [0.25, 0.3) is 0 Å². The number of carbonyl (C=O) groups is 1. The molecule has 0 amide bonds. The number of hydrogen-bond acceptors (Lipinski definition) is 3. The van der Waals surface area contributed by atoms with Crippen LogP contribution >= 0.6 is 0 Å². The molecule has 2 N–H and O–H groups in total. The summed E-state index contributed by atoms with van der Waals surface area (Å²) < 4.78 is 23.7. The predicted molar refractivity (Wildman–Crippen MR) is 48.9 cm³/mol. The summed E-state index contributed by atoms with van der Waals surface area (Å²) >= 11 is 0. The minimum absolute atomic E-state index is 0.644. The van der Waals surface area contributed by atoms with Crippen molar-refractivity contribution in [1.29, 1.82) is 0 Å². The van der Waals surface area contributed by atoms with Crippen LogP contribution in [0.2, 0.25) is 0 Å². The van der Waals surface area contributed by atoms with E-state index in [4.69, 9.17) is 5.11 Å². The number of rotatable bonds is 3. The Bertz CT molecular complexity index is 288. The van der Waals surface area contributed by atoms with Gasteiger partial charge in [-0.25, -0.2) is 13.1 Å². The van der Waals surface area contributed by atoms with Gasteiger partial charge in [-0.15, -0.1) is 0 Å². The highest BCUT2D eigenvalue weighted by Gasteiger charge is 2.33. The molecular formula is C7H15NO4S. The molecule has 78 valence electrons. The Labute approximate surface area is 78.2 Å². The van der Waals surface area contributed by atoms with Gasteiger partial charge in [-0.05, 0) is 5.41 Å². The van der Waals surface area contributed by atoms with Crippen LogP contribution in [-0.2, 0) is 14.8 Å². The maximum atomic E-state index is 10.8. The van der Waals surface area contributed by atoms with Crippen molar-refractivity contribution in [2.24, 2.45) is 5.41 Å². The summed E-state index contributed by atoms with van der Waals surface area (Å²) in [7, 11) is -3.48. The fourth-order valence-corrected chi connectivity index (χ4v) is 1.69. The zero-order chi connectivity index (χ0) is 10.9. The van der Waals surface area contributed by atoms with Gasteiger partial charge in [-0.1, -0.05) is 20.8 Å². The molecule has 6 heteroatoms. The van der Waals surface area contributed by atoms with E-state index in [1.54, 1.807) is 20.8 Å². The fraction of sp³-hybridized carbons (Fsp3) is 0.857. The summed E-state index contributed by atoms with van der Waals surface area (Å²) in [5, 5.41) is 8.75. The minimum Gasteiger partial charge on any atom is -0.480 e. The van der Waals surface area contributed by atoms with E-state index in [0.29, 0.717) is 0 Å². The van der Waals surface area contributed by atoms with Crippen LogP contribution in [-0.4, -0.2) is 31.8 Å². The lowest BCUT2D eigenvalue weighted by Gasteiger charge is -2.26. The van der Waals surface area contributed by atoms with E-state index in [-0.39, 0.29) is 0 Å². The van der Waals surface area contributed by atoms with Crippen molar-refractivity contribution in [3.05, 3.63) is 0 Å². The van der Waals surface area contributed by atoms with Crippen molar-refractivity contribution in [3.63, 3.8) is 0 Å².